The molecular formula is C16H16F2N2O5. The van der Waals surface area contributed by atoms with Gasteiger partial charge in [-0.2, -0.15) is 8.78 Å². The van der Waals surface area contributed by atoms with Gasteiger partial charge in [0.2, 0.25) is 5.91 Å². The fourth-order valence-corrected chi connectivity index (χ4v) is 1.93. The highest BCUT2D eigenvalue weighted by molar-refractivity contribution is 5.96. The molecule has 0 saturated heterocycles. The number of benzene rings is 1. The van der Waals surface area contributed by atoms with Gasteiger partial charge in [0, 0.05) is 6.54 Å². The lowest BCUT2D eigenvalue weighted by Gasteiger charge is -2.12. The summed E-state index contributed by atoms with van der Waals surface area (Å²) in [7, 11) is 1.32. The first kappa shape index (κ1) is 18.2. The van der Waals surface area contributed by atoms with E-state index in [1.165, 1.54) is 43.9 Å². The summed E-state index contributed by atoms with van der Waals surface area (Å²) in [5.41, 5.74) is 0.931. The van der Waals surface area contributed by atoms with Crippen molar-refractivity contribution in [3.8, 4) is 11.5 Å². The minimum atomic E-state index is -2.96. The molecule has 0 unspecified atom stereocenters. The van der Waals surface area contributed by atoms with Crippen molar-refractivity contribution < 1.29 is 32.3 Å². The molecule has 0 saturated carbocycles. The standard InChI is InChI=1S/C16H16F2N2O5/c1-23-13-6-10(2-3-12(13)25-16(17)18)7-19-14(21)8-20-15(22)11-4-5-24-9-11/h2-6,9,16H,7-8H2,1H3,(H,19,21)(H,20,22). The molecular weight excluding hydrogens is 338 g/mol. The molecule has 1 heterocycles. The summed E-state index contributed by atoms with van der Waals surface area (Å²) in [6.07, 6.45) is 2.62. The molecule has 0 bridgehead atoms. The molecule has 0 fully saturated rings. The van der Waals surface area contributed by atoms with Crippen LogP contribution >= 0.6 is 0 Å². The molecule has 0 aliphatic carbocycles. The molecule has 0 spiro atoms. The molecule has 2 aromatic rings. The monoisotopic (exact) mass is 354 g/mol. The highest BCUT2D eigenvalue weighted by Crippen LogP contribution is 2.29. The zero-order chi connectivity index (χ0) is 18.2. The van der Waals surface area contributed by atoms with E-state index in [0.29, 0.717) is 11.1 Å². The largest absolute Gasteiger partial charge is 0.493 e. The van der Waals surface area contributed by atoms with Gasteiger partial charge < -0.3 is 24.5 Å². The lowest BCUT2D eigenvalue weighted by atomic mass is 10.2. The van der Waals surface area contributed by atoms with Gasteiger partial charge in [0.1, 0.15) is 6.26 Å². The Labute approximate surface area is 141 Å². The molecule has 1 aromatic heterocycles. The van der Waals surface area contributed by atoms with Crippen molar-refractivity contribution in [3.05, 3.63) is 47.9 Å². The molecule has 0 atom stereocenters. The Morgan fingerprint density at radius 1 is 1.20 bits per heavy atom. The minimum absolute atomic E-state index is 0.0973. The van der Waals surface area contributed by atoms with Crippen LogP contribution in [0.15, 0.2) is 41.2 Å². The first-order chi connectivity index (χ1) is 12.0. The average molecular weight is 354 g/mol. The number of halogens is 2. The SMILES string of the molecule is COc1cc(CNC(=O)CNC(=O)c2ccoc2)ccc1OC(F)F. The molecule has 0 radical (unpaired) electrons. The second-order valence-corrected chi connectivity index (χ2v) is 4.84. The first-order valence-corrected chi connectivity index (χ1v) is 7.18. The van der Waals surface area contributed by atoms with Gasteiger partial charge in [0.15, 0.2) is 11.5 Å². The van der Waals surface area contributed by atoms with Crippen molar-refractivity contribution in [2.75, 3.05) is 13.7 Å². The maximum absolute atomic E-state index is 12.3. The van der Waals surface area contributed by atoms with Gasteiger partial charge in [0.25, 0.3) is 5.91 Å². The second kappa shape index (κ2) is 8.67. The third kappa shape index (κ3) is 5.48. The Balaban J connectivity index is 1.83. The Morgan fingerprint density at radius 2 is 2.00 bits per heavy atom. The molecule has 9 heteroatoms. The van der Waals surface area contributed by atoms with E-state index in [1.54, 1.807) is 0 Å². The van der Waals surface area contributed by atoms with Crippen LogP contribution in [0.4, 0.5) is 8.78 Å². The van der Waals surface area contributed by atoms with Crippen molar-refractivity contribution in [1.29, 1.82) is 0 Å². The third-order valence-corrected chi connectivity index (χ3v) is 3.13. The predicted octanol–water partition coefficient (Wildman–Crippen LogP) is 1.94. The molecule has 0 aliphatic heterocycles. The Morgan fingerprint density at radius 3 is 2.64 bits per heavy atom. The summed E-state index contributed by atoms with van der Waals surface area (Å²) in [5, 5.41) is 5.02. The van der Waals surface area contributed by atoms with Crippen LogP contribution in [-0.2, 0) is 11.3 Å². The highest BCUT2D eigenvalue weighted by Gasteiger charge is 2.12. The van der Waals surface area contributed by atoms with Crippen molar-refractivity contribution in [3.63, 3.8) is 0 Å². The Kier molecular flexibility index (Phi) is 6.33. The number of hydrogen-bond donors (Lipinski definition) is 2. The minimum Gasteiger partial charge on any atom is -0.493 e. The molecule has 2 rings (SSSR count). The van der Waals surface area contributed by atoms with Crippen LogP contribution in [0.5, 0.6) is 11.5 Å². The van der Waals surface area contributed by atoms with E-state index in [4.69, 9.17) is 9.15 Å². The lowest BCUT2D eigenvalue weighted by molar-refractivity contribution is -0.120. The molecule has 2 amide bonds. The van der Waals surface area contributed by atoms with Crippen LogP contribution < -0.4 is 20.1 Å². The van der Waals surface area contributed by atoms with Gasteiger partial charge in [-0.3, -0.25) is 9.59 Å². The number of rotatable bonds is 8. The van der Waals surface area contributed by atoms with Crippen molar-refractivity contribution in [1.82, 2.24) is 10.6 Å². The number of furan rings is 1. The summed E-state index contributed by atoms with van der Waals surface area (Å²) in [6.45, 7) is -3.04. The van der Waals surface area contributed by atoms with Crippen molar-refractivity contribution in [2.24, 2.45) is 0 Å². The van der Waals surface area contributed by atoms with Gasteiger partial charge in [-0.1, -0.05) is 6.07 Å². The predicted molar refractivity (Wildman–Crippen MR) is 82.5 cm³/mol. The Bertz CT molecular complexity index is 719. The van der Waals surface area contributed by atoms with Crippen LogP contribution in [0.1, 0.15) is 15.9 Å². The summed E-state index contributed by atoms with van der Waals surface area (Å²) in [5.74, 6) is -0.817. The van der Waals surface area contributed by atoms with Gasteiger partial charge in [-0.05, 0) is 23.8 Å². The molecule has 134 valence electrons. The van der Waals surface area contributed by atoms with Crippen molar-refractivity contribution >= 4 is 11.8 Å². The van der Waals surface area contributed by atoms with Gasteiger partial charge in [-0.15, -0.1) is 0 Å². The maximum atomic E-state index is 12.3. The number of carbonyl (C=O) groups is 2. The summed E-state index contributed by atoms with van der Waals surface area (Å²) in [6, 6.07) is 5.79. The second-order valence-electron chi connectivity index (χ2n) is 4.84. The quantitative estimate of drug-likeness (QED) is 0.756. The number of nitrogens with one attached hydrogen (secondary N) is 2. The summed E-state index contributed by atoms with van der Waals surface area (Å²) in [4.78, 5) is 23.4. The number of ether oxygens (including phenoxy) is 2. The van der Waals surface area contributed by atoms with Crippen LogP contribution in [0, 0.1) is 0 Å². The third-order valence-electron chi connectivity index (χ3n) is 3.13. The Hall–Kier alpha value is -3.10. The highest BCUT2D eigenvalue weighted by atomic mass is 19.3. The zero-order valence-electron chi connectivity index (χ0n) is 13.3. The zero-order valence-corrected chi connectivity index (χ0v) is 13.3. The smallest absolute Gasteiger partial charge is 0.387 e. The first-order valence-electron chi connectivity index (χ1n) is 7.18. The number of methoxy groups -OCH3 is 1. The van der Waals surface area contributed by atoms with Crippen LogP contribution in [0.2, 0.25) is 0 Å². The van der Waals surface area contributed by atoms with E-state index < -0.39 is 18.4 Å². The average Bonchev–Trinajstić information content (AvgIpc) is 3.13. The molecule has 1 aromatic carbocycles. The maximum Gasteiger partial charge on any atom is 0.387 e. The molecule has 25 heavy (non-hydrogen) atoms. The normalized spacial score (nSPS) is 10.4. The van der Waals surface area contributed by atoms with E-state index in [0.717, 1.165) is 0 Å². The summed E-state index contributed by atoms with van der Waals surface area (Å²) >= 11 is 0. The van der Waals surface area contributed by atoms with Gasteiger partial charge >= 0.3 is 6.61 Å². The number of amides is 2. The molecule has 7 nitrogen and oxygen atoms in total. The number of hydrogen-bond acceptors (Lipinski definition) is 5. The fraction of sp³-hybridized carbons (Fsp3) is 0.250. The van der Waals surface area contributed by atoms with Crippen molar-refractivity contribution in [2.45, 2.75) is 13.2 Å². The topological polar surface area (TPSA) is 89.8 Å². The van der Waals surface area contributed by atoms with Crippen LogP contribution in [0.3, 0.4) is 0 Å². The molecule has 0 aliphatic rings. The van der Waals surface area contributed by atoms with E-state index in [1.807, 2.05) is 0 Å². The summed E-state index contributed by atoms with van der Waals surface area (Å²) < 4.78 is 38.6. The number of carbonyl (C=O) groups excluding carboxylic acids is 2. The fourth-order valence-electron chi connectivity index (χ4n) is 1.93. The van der Waals surface area contributed by atoms with E-state index in [2.05, 4.69) is 15.4 Å². The van der Waals surface area contributed by atoms with Gasteiger partial charge in [0.05, 0.1) is 25.5 Å². The van der Waals surface area contributed by atoms with Crippen LogP contribution in [-0.4, -0.2) is 32.1 Å². The lowest BCUT2D eigenvalue weighted by Crippen LogP contribution is -2.36. The van der Waals surface area contributed by atoms with Crippen LogP contribution in [0.25, 0.3) is 0 Å². The van der Waals surface area contributed by atoms with E-state index in [-0.39, 0.29) is 24.6 Å². The van der Waals surface area contributed by atoms with E-state index >= 15 is 0 Å². The van der Waals surface area contributed by atoms with E-state index in [9.17, 15) is 18.4 Å². The number of alkyl halides is 2. The molecule has 2 N–H and O–H groups in total. The van der Waals surface area contributed by atoms with Gasteiger partial charge in [-0.25, -0.2) is 0 Å².